The molecule has 0 aliphatic rings. The van der Waals surface area contributed by atoms with Crippen molar-refractivity contribution < 1.29 is 9.90 Å². The summed E-state index contributed by atoms with van der Waals surface area (Å²) in [6, 6.07) is 2.97. The van der Waals surface area contributed by atoms with E-state index in [0.29, 0.717) is 25.1 Å². The Morgan fingerprint density at radius 3 is 2.76 bits per heavy atom. The van der Waals surface area contributed by atoms with Gasteiger partial charge in [-0.1, -0.05) is 0 Å². The van der Waals surface area contributed by atoms with Gasteiger partial charge < -0.3 is 14.6 Å². The van der Waals surface area contributed by atoms with Crippen molar-refractivity contribution in [1.82, 2.24) is 9.47 Å². The molecule has 0 aliphatic heterocycles. The highest BCUT2D eigenvalue weighted by Gasteiger charge is 2.14. The highest BCUT2D eigenvalue weighted by molar-refractivity contribution is 5.94. The summed E-state index contributed by atoms with van der Waals surface area (Å²) in [6.45, 7) is 2.99. The molecule has 1 rings (SSSR count). The van der Waals surface area contributed by atoms with Gasteiger partial charge in [-0.15, -0.1) is 0 Å². The summed E-state index contributed by atoms with van der Waals surface area (Å²) >= 11 is 0. The van der Waals surface area contributed by atoms with Gasteiger partial charge in [0.15, 0.2) is 0 Å². The van der Waals surface area contributed by atoms with Gasteiger partial charge in [0.1, 0.15) is 0 Å². The Morgan fingerprint density at radius 2 is 2.24 bits per heavy atom. The van der Waals surface area contributed by atoms with Crippen LogP contribution in [0, 0.1) is 0 Å². The monoisotopic (exact) mass is 238 g/mol. The van der Waals surface area contributed by atoms with Gasteiger partial charge in [0.2, 0.25) is 0 Å². The topological polar surface area (TPSA) is 62.5 Å². The molecule has 1 aromatic heterocycles. The Morgan fingerprint density at radius 1 is 1.53 bits per heavy atom. The fourth-order valence-corrected chi connectivity index (χ4v) is 1.53. The second-order valence-corrected chi connectivity index (χ2v) is 3.83. The van der Waals surface area contributed by atoms with E-state index in [4.69, 9.17) is 5.11 Å². The van der Waals surface area contributed by atoms with E-state index in [2.05, 4.69) is 0 Å². The van der Waals surface area contributed by atoms with E-state index in [0.717, 1.165) is 0 Å². The highest BCUT2D eigenvalue weighted by Crippen LogP contribution is 2.03. The van der Waals surface area contributed by atoms with Crippen molar-refractivity contribution in [3.63, 3.8) is 0 Å². The molecule has 0 radical (unpaired) electrons. The van der Waals surface area contributed by atoms with Crippen molar-refractivity contribution in [3.8, 4) is 0 Å². The summed E-state index contributed by atoms with van der Waals surface area (Å²) < 4.78 is 1.42. The average Bonchev–Trinajstić information content (AvgIpc) is 2.33. The van der Waals surface area contributed by atoms with E-state index >= 15 is 0 Å². The molecule has 1 N–H and O–H groups in total. The first-order chi connectivity index (χ1) is 8.10. The molecule has 94 valence electrons. The lowest BCUT2D eigenvalue weighted by molar-refractivity contribution is 0.0754. The van der Waals surface area contributed by atoms with Gasteiger partial charge >= 0.3 is 0 Å². The molecule has 0 atom stereocenters. The van der Waals surface area contributed by atoms with E-state index in [1.54, 1.807) is 24.2 Å². The van der Waals surface area contributed by atoms with Crippen molar-refractivity contribution in [2.75, 3.05) is 19.7 Å². The quantitative estimate of drug-likeness (QED) is 0.798. The molecule has 0 fully saturated rings. The van der Waals surface area contributed by atoms with E-state index < -0.39 is 0 Å². The van der Waals surface area contributed by atoms with Gasteiger partial charge in [-0.3, -0.25) is 9.59 Å². The minimum atomic E-state index is -0.200. The maximum atomic E-state index is 12.0. The standard InChI is InChI=1S/C12H18N2O3/c1-3-14(6-4-8-15)12(17)10-5-7-13(2)11(16)9-10/h5,7,9,15H,3-4,6,8H2,1-2H3. The van der Waals surface area contributed by atoms with Crippen LogP contribution in [0.3, 0.4) is 0 Å². The van der Waals surface area contributed by atoms with Crippen molar-refractivity contribution in [1.29, 1.82) is 0 Å². The molecule has 0 saturated heterocycles. The number of carbonyl (C=O) groups is 1. The van der Waals surface area contributed by atoms with Crippen LogP contribution in [0.5, 0.6) is 0 Å². The second kappa shape index (κ2) is 6.20. The first kappa shape index (κ1) is 13.4. The Balaban J connectivity index is 2.86. The minimum absolute atomic E-state index is 0.0559. The maximum Gasteiger partial charge on any atom is 0.254 e. The second-order valence-electron chi connectivity index (χ2n) is 3.83. The number of nitrogens with zero attached hydrogens (tertiary/aromatic N) is 2. The molecule has 0 spiro atoms. The molecule has 0 bridgehead atoms. The van der Waals surface area contributed by atoms with E-state index in [9.17, 15) is 9.59 Å². The predicted octanol–water partition coefficient (Wildman–Crippen LogP) is 0.230. The summed E-state index contributed by atoms with van der Waals surface area (Å²) in [4.78, 5) is 25.1. The van der Waals surface area contributed by atoms with Crippen LogP contribution in [0.4, 0.5) is 0 Å². The zero-order valence-corrected chi connectivity index (χ0v) is 10.2. The van der Waals surface area contributed by atoms with E-state index in [1.807, 2.05) is 6.92 Å². The molecule has 0 aliphatic carbocycles. The summed E-state index contributed by atoms with van der Waals surface area (Å²) in [6.07, 6.45) is 2.12. The number of amides is 1. The van der Waals surface area contributed by atoms with Gasteiger partial charge in [-0.2, -0.15) is 0 Å². The van der Waals surface area contributed by atoms with Crippen molar-refractivity contribution >= 4 is 5.91 Å². The van der Waals surface area contributed by atoms with E-state index in [1.165, 1.54) is 10.6 Å². The summed E-state index contributed by atoms with van der Waals surface area (Å²) in [7, 11) is 1.64. The zero-order chi connectivity index (χ0) is 12.8. The molecule has 5 heteroatoms. The van der Waals surface area contributed by atoms with Crippen LogP contribution in [0.15, 0.2) is 23.1 Å². The van der Waals surface area contributed by atoms with Crippen LogP contribution < -0.4 is 5.56 Å². The highest BCUT2D eigenvalue weighted by atomic mass is 16.3. The van der Waals surface area contributed by atoms with Crippen LogP contribution in [-0.2, 0) is 7.05 Å². The first-order valence-corrected chi connectivity index (χ1v) is 5.67. The normalized spacial score (nSPS) is 10.3. The number of carbonyl (C=O) groups excluding carboxylic acids is 1. The van der Waals surface area contributed by atoms with E-state index in [-0.39, 0.29) is 18.1 Å². The molecule has 0 aromatic carbocycles. The Kier molecular flexibility index (Phi) is 4.90. The molecule has 5 nitrogen and oxygen atoms in total. The summed E-state index contributed by atoms with van der Waals surface area (Å²) in [5.41, 5.74) is 0.196. The van der Waals surface area contributed by atoms with Crippen molar-refractivity contribution in [2.24, 2.45) is 7.05 Å². The number of hydrogen-bond donors (Lipinski definition) is 1. The number of pyridine rings is 1. The molecular formula is C12H18N2O3. The zero-order valence-electron chi connectivity index (χ0n) is 10.2. The summed E-state index contributed by atoms with van der Waals surface area (Å²) in [5, 5.41) is 8.75. The van der Waals surface area contributed by atoms with Gasteiger partial charge in [-0.25, -0.2) is 0 Å². The molecule has 17 heavy (non-hydrogen) atoms. The van der Waals surface area contributed by atoms with Crippen LogP contribution >= 0.6 is 0 Å². The lowest BCUT2D eigenvalue weighted by Gasteiger charge is -2.20. The molecule has 0 saturated carbocycles. The largest absolute Gasteiger partial charge is 0.396 e. The van der Waals surface area contributed by atoms with Gasteiger partial charge in [0, 0.05) is 44.6 Å². The Bertz CT molecular complexity index is 440. The SMILES string of the molecule is CCN(CCCO)C(=O)c1ccn(C)c(=O)c1. The van der Waals surface area contributed by atoms with Gasteiger partial charge in [0.25, 0.3) is 11.5 Å². The smallest absolute Gasteiger partial charge is 0.254 e. The molecule has 0 unspecified atom stereocenters. The first-order valence-electron chi connectivity index (χ1n) is 5.67. The maximum absolute atomic E-state index is 12.0. The lowest BCUT2D eigenvalue weighted by Crippen LogP contribution is -2.33. The molecule has 1 heterocycles. The Hall–Kier alpha value is -1.62. The van der Waals surface area contributed by atoms with Gasteiger partial charge in [-0.05, 0) is 19.4 Å². The lowest BCUT2D eigenvalue weighted by atomic mass is 10.2. The van der Waals surface area contributed by atoms with Crippen LogP contribution in [-0.4, -0.2) is 40.2 Å². The third-order valence-corrected chi connectivity index (χ3v) is 2.61. The summed E-state index contributed by atoms with van der Waals surface area (Å²) in [5.74, 6) is -0.168. The molecule has 1 aromatic rings. The minimum Gasteiger partial charge on any atom is -0.396 e. The molecule has 1 amide bonds. The van der Waals surface area contributed by atoms with Crippen molar-refractivity contribution in [3.05, 3.63) is 34.2 Å². The fraction of sp³-hybridized carbons (Fsp3) is 0.500. The van der Waals surface area contributed by atoms with Crippen LogP contribution in [0.25, 0.3) is 0 Å². The van der Waals surface area contributed by atoms with Crippen LogP contribution in [0.1, 0.15) is 23.7 Å². The predicted molar refractivity (Wildman–Crippen MR) is 65.0 cm³/mol. The van der Waals surface area contributed by atoms with Crippen LogP contribution in [0.2, 0.25) is 0 Å². The molecular weight excluding hydrogens is 220 g/mol. The number of hydrogen-bond acceptors (Lipinski definition) is 3. The fourth-order valence-electron chi connectivity index (χ4n) is 1.53. The average molecular weight is 238 g/mol. The third-order valence-electron chi connectivity index (χ3n) is 2.61. The number of aromatic nitrogens is 1. The Labute approximate surface area is 100 Å². The number of aryl methyl sites for hydroxylation is 1. The third kappa shape index (κ3) is 3.42. The van der Waals surface area contributed by atoms with Crippen molar-refractivity contribution in [2.45, 2.75) is 13.3 Å². The number of aliphatic hydroxyl groups excluding tert-OH is 1. The number of rotatable bonds is 5. The number of aliphatic hydroxyl groups is 1. The van der Waals surface area contributed by atoms with Gasteiger partial charge in [0.05, 0.1) is 0 Å².